The third kappa shape index (κ3) is 5.52. The Morgan fingerprint density at radius 3 is 2.89 bits per heavy atom. The maximum absolute atomic E-state index is 12.0. The van der Waals surface area contributed by atoms with E-state index in [1.54, 1.807) is 20.1 Å². The van der Waals surface area contributed by atoms with Crippen LogP contribution in [-0.4, -0.2) is 37.9 Å². The highest BCUT2D eigenvalue weighted by Gasteiger charge is 2.18. The normalized spacial score (nSPS) is 10.5. The number of aromatic nitrogens is 1. The van der Waals surface area contributed by atoms with Crippen molar-refractivity contribution in [3.05, 3.63) is 51.1 Å². The van der Waals surface area contributed by atoms with E-state index in [9.17, 15) is 10.1 Å². The molecule has 1 aromatic heterocycles. The number of amides is 1. The second-order valence-corrected chi connectivity index (χ2v) is 6.37. The van der Waals surface area contributed by atoms with Crippen LogP contribution in [0.3, 0.4) is 0 Å². The van der Waals surface area contributed by atoms with Crippen LogP contribution in [0.4, 0.5) is 0 Å². The molecule has 1 amide bonds. The van der Waals surface area contributed by atoms with Crippen LogP contribution in [0.1, 0.15) is 22.4 Å². The molecule has 0 aliphatic rings. The standard InChI is InChI=1S/C19H19BrN4O4/c1-12-18(20)16(10-26-2)15(8-21)19(23-12)28-11-17(25)24-22-9-13-5-4-6-14(7-13)27-3/h4-7,9H,10-11H2,1-3H3,(H,24,25)/b22-9-. The average molecular weight is 447 g/mol. The van der Waals surface area contributed by atoms with Gasteiger partial charge in [0.2, 0.25) is 5.88 Å². The first-order valence-electron chi connectivity index (χ1n) is 8.16. The van der Waals surface area contributed by atoms with Crippen LogP contribution in [0.25, 0.3) is 0 Å². The number of halogens is 1. The highest BCUT2D eigenvalue weighted by molar-refractivity contribution is 9.10. The van der Waals surface area contributed by atoms with E-state index in [0.717, 1.165) is 5.56 Å². The molecule has 1 aromatic carbocycles. The predicted octanol–water partition coefficient (Wildman–Crippen LogP) is 2.71. The van der Waals surface area contributed by atoms with E-state index in [4.69, 9.17) is 14.2 Å². The minimum absolute atomic E-state index is 0.0715. The summed E-state index contributed by atoms with van der Waals surface area (Å²) in [6.45, 7) is 1.63. The molecule has 1 heterocycles. The molecule has 2 aromatic rings. The molecule has 28 heavy (non-hydrogen) atoms. The van der Waals surface area contributed by atoms with Crippen molar-refractivity contribution in [2.45, 2.75) is 13.5 Å². The molecule has 0 aliphatic heterocycles. The van der Waals surface area contributed by atoms with Gasteiger partial charge in [-0.1, -0.05) is 12.1 Å². The SMILES string of the molecule is COCc1c(Br)c(C)nc(OCC(=O)N/N=C\c2cccc(OC)c2)c1C#N. The minimum atomic E-state index is -0.487. The fourth-order valence-corrected chi connectivity index (χ4v) is 2.68. The van der Waals surface area contributed by atoms with Gasteiger partial charge in [0.25, 0.3) is 5.91 Å². The number of benzene rings is 1. The van der Waals surface area contributed by atoms with E-state index in [1.807, 2.05) is 24.3 Å². The van der Waals surface area contributed by atoms with Crippen LogP contribution in [0.5, 0.6) is 11.6 Å². The van der Waals surface area contributed by atoms with Crippen molar-refractivity contribution in [1.82, 2.24) is 10.4 Å². The monoisotopic (exact) mass is 446 g/mol. The first-order valence-corrected chi connectivity index (χ1v) is 8.96. The van der Waals surface area contributed by atoms with Crippen molar-refractivity contribution in [1.29, 1.82) is 5.26 Å². The summed E-state index contributed by atoms with van der Waals surface area (Å²) < 4.78 is 16.4. The van der Waals surface area contributed by atoms with Gasteiger partial charge in [-0.05, 0) is 40.5 Å². The van der Waals surface area contributed by atoms with Gasteiger partial charge in [-0.15, -0.1) is 0 Å². The van der Waals surface area contributed by atoms with Crippen molar-refractivity contribution in [3.8, 4) is 17.7 Å². The Morgan fingerprint density at radius 1 is 1.43 bits per heavy atom. The lowest BCUT2D eigenvalue weighted by molar-refractivity contribution is -0.123. The van der Waals surface area contributed by atoms with Crippen molar-refractivity contribution in [3.63, 3.8) is 0 Å². The van der Waals surface area contributed by atoms with Crippen molar-refractivity contribution < 1.29 is 19.0 Å². The largest absolute Gasteiger partial charge is 0.497 e. The van der Waals surface area contributed by atoms with Crippen LogP contribution in [0.2, 0.25) is 0 Å². The highest BCUT2D eigenvalue weighted by Crippen LogP contribution is 2.29. The molecule has 0 bridgehead atoms. The number of rotatable bonds is 8. The zero-order valence-corrected chi connectivity index (χ0v) is 17.2. The molecule has 0 saturated carbocycles. The zero-order valence-electron chi connectivity index (χ0n) is 15.7. The van der Waals surface area contributed by atoms with E-state index < -0.39 is 5.91 Å². The molecular formula is C19H19BrN4O4. The molecular weight excluding hydrogens is 428 g/mol. The topological polar surface area (TPSA) is 106 Å². The first-order chi connectivity index (χ1) is 13.5. The molecule has 8 nitrogen and oxygen atoms in total. The maximum atomic E-state index is 12.0. The van der Waals surface area contributed by atoms with Crippen LogP contribution in [0.15, 0.2) is 33.8 Å². The number of carbonyl (C=O) groups is 1. The molecule has 146 valence electrons. The third-order valence-corrected chi connectivity index (χ3v) is 4.66. The number of ether oxygens (including phenoxy) is 3. The summed E-state index contributed by atoms with van der Waals surface area (Å²) in [5.41, 5.74) is 4.58. The molecule has 0 unspecified atom stereocenters. The van der Waals surface area contributed by atoms with Crippen LogP contribution >= 0.6 is 15.9 Å². The smallest absolute Gasteiger partial charge is 0.278 e. The number of hydrogen-bond acceptors (Lipinski definition) is 7. The minimum Gasteiger partial charge on any atom is -0.497 e. The van der Waals surface area contributed by atoms with Crippen LogP contribution in [-0.2, 0) is 16.1 Å². The lowest BCUT2D eigenvalue weighted by atomic mass is 10.1. The lowest BCUT2D eigenvalue weighted by Gasteiger charge is -2.13. The van der Waals surface area contributed by atoms with Crippen molar-refractivity contribution >= 4 is 28.1 Å². The Balaban J connectivity index is 2.02. The molecule has 0 radical (unpaired) electrons. The second kappa shape index (κ2) is 10.4. The van der Waals surface area contributed by atoms with Gasteiger partial charge in [0.15, 0.2) is 6.61 Å². The molecule has 0 aliphatic carbocycles. The third-order valence-electron chi connectivity index (χ3n) is 3.60. The quantitative estimate of drug-likeness (QED) is 0.493. The number of carbonyl (C=O) groups excluding carboxylic acids is 1. The number of hydrazone groups is 1. The summed E-state index contributed by atoms with van der Waals surface area (Å²) >= 11 is 3.40. The number of nitriles is 1. The molecule has 0 atom stereocenters. The fourth-order valence-electron chi connectivity index (χ4n) is 2.28. The summed E-state index contributed by atoms with van der Waals surface area (Å²) in [5.74, 6) is 0.270. The fraction of sp³-hybridized carbons (Fsp3) is 0.263. The van der Waals surface area contributed by atoms with Gasteiger partial charge in [-0.25, -0.2) is 10.4 Å². The van der Waals surface area contributed by atoms with Gasteiger partial charge in [0.1, 0.15) is 17.4 Å². The van der Waals surface area contributed by atoms with Crippen LogP contribution in [0, 0.1) is 18.3 Å². The van der Waals surface area contributed by atoms with E-state index >= 15 is 0 Å². The highest BCUT2D eigenvalue weighted by atomic mass is 79.9. The summed E-state index contributed by atoms with van der Waals surface area (Å²) in [5, 5.41) is 13.3. The van der Waals surface area contributed by atoms with Gasteiger partial charge >= 0.3 is 0 Å². The number of pyridine rings is 1. The molecule has 2 rings (SSSR count). The Labute approximate surface area is 171 Å². The first kappa shape index (κ1) is 21.3. The van der Waals surface area contributed by atoms with Gasteiger partial charge in [0, 0.05) is 17.1 Å². The molecule has 0 spiro atoms. The van der Waals surface area contributed by atoms with Crippen molar-refractivity contribution in [2.75, 3.05) is 20.8 Å². The molecule has 1 N–H and O–H groups in total. The van der Waals surface area contributed by atoms with E-state index in [-0.39, 0.29) is 24.7 Å². The number of nitrogens with one attached hydrogen (secondary N) is 1. The number of methoxy groups -OCH3 is 2. The number of aryl methyl sites for hydroxylation is 1. The van der Waals surface area contributed by atoms with Gasteiger partial charge in [-0.3, -0.25) is 4.79 Å². The lowest BCUT2D eigenvalue weighted by Crippen LogP contribution is -2.25. The number of nitrogens with zero attached hydrogens (tertiary/aromatic N) is 3. The maximum Gasteiger partial charge on any atom is 0.278 e. The Hall–Kier alpha value is -2.96. The van der Waals surface area contributed by atoms with Gasteiger partial charge < -0.3 is 14.2 Å². The van der Waals surface area contributed by atoms with E-state index in [1.165, 1.54) is 13.3 Å². The van der Waals surface area contributed by atoms with E-state index in [2.05, 4.69) is 31.4 Å². The predicted molar refractivity (Wildman–Crippen MR) is 106 cm³/mol. The zero-order chi connectivity index (χ0) is 20.5. The van der Waals surface area contributed by atoms with Crippen LogP contribution < -0.4 is 14.9 Å². The van der Waals surface area contributed by atoms with Gasteiger partial charge in [0.05, 0.1) is 25.6 Å². The molecule has 0 saturated heterocycles. The second-order valence-electron chi connectivity index (χ2n) is 5.57. The van der Waals surface area contributed by atoms with Gasteiger partial charge in [-0.2, -0.15) is 10.4 Å². The summed E-state index contributed by atoms with van der Waals surface area (Å²) in [4.78, 5) is 16.2. The summed E-state index contributed by atoms with van der Waals surface area (Å²) in [6, 6.07) is 9.26. The Morgan fingerprint density at radius 2 is 2.21 bits per heavy atom. The number of hydrogen-bond donors (Lipinski definition) is 1. The Kier molecular flexibility index (Phi) is 7.92. The van der Waals surface area contributed by atoms with E-state index in [0.29, 0.717) is 21.5 Å². The Bertz CT molecular complexity index is 925. The summed E-state index contributed by atoms with van der Waals surface area (Å²) in [7, 11) is 3.10. The molecule has 9 heteroatoms. The molecule has 0 fully saturated rings. The summed E-state index contributed by atoms with van der Waals surface area (Å²) in [6.07, 6.45) is 1.49. The average Bonchev–Trinajstić information content (AvgIpc) is 2.70. The van der Waals surface area contributed by atoms with Crippen molar-refractivity contribution in [2.24, 2.45) is 5.10 Å².